The largest absolute Gasteiger partial charge is 0.356 e. The van der Waals surface area contributed by atoms with Crippen molar-refractivity contribution in [2.24, 2.45) is 0 Å². The third kappa shape index (κ3) is 3.49. The van der Waals surface area contributed by atoms with E-state index in [1.807, 2.05) is 30.3 Å². The first-order chi connectivity index (χ1) is 14.5. The molecule has 2 heterocycles. The molecule has 0 spiro atoms. The minimum atomic E-state index is -3.49. The lowest BCUT2D eigenvalue weighted by atomic mass is 10.0. The highest BCUT2D eigenvalue weighted by atomic mass is 32.2. The van der Waals surface area contributed by atoms with Gasteiger partial charge in [-0.25, -0.2) is 8.42 Å². The van der Waals surface area contributed by atoms with Gasteiger partial charge in [-0.05, 0) is 48.7 Å². The molecule has 2 aliphatic rings. The smallest absolute Gasteiger partial charge is 0.243 e. The average Bonchev–Trinajstić information content (AvgIpc) is 2.78. The van der Waals surface area contributed by atoms with Crippen LogP contribution < -0.4 is 4.90 Å². The maximum atomic E-state index is 13.2. The first-order valence-electron chi connectivity index (χ1n) is 10.5. The van der Waals surface area contributed by atoms with E-state index in [0.717, 1.165) is 23.6 Å². The molecule has 3 aromatic carbocycles. The number of ether oxygens (including phenoxy) is 1. The minimum Gasteiger partial charge on any atom is -0.356 e. The zero-order valence-electron chi connectivity index (χ0n) is 17.1. The Bertz CT molecular complexity index is 1180. The van der Waals surface area contributed by atoms with Crippen LogP contribution in [0.5, 0.6) is 0 Å². The first-order valence-corrected chi connectivity index (χ1v) is 11.9. The van der Waals surface area contributed by atoms with Crippen LogP contribution in [0, 0.1) is 6.92 Å². The quantitative estimate of drug-likeness (QED) is 0.632. The Morgan fingerprint density at radius 1 is 0.933 bits per heavy atom. The van der Waals surface area contributed by atoms with Crippen LogP contribution in [0.25, 0.3) is 10.8 Å². The van der Waals surface area contributed by atoms with E-state index in [-0.39, 0.29) is 6.04 Å². The molecule has 5 nitrogen and oxygen atoms in total. The second kappa shape index (κ2) is 7.69. The lowest BCUT2D eigenvalue weighted by molar-refractivity contribution is 0.0987. The summed E-state index contributed by atoms with van der Waals surface area (Å²) in [6.07, 6.45) is 1.59. The number of fused-ring (bicyclic) bond motifs is 2. The number of anilines is 1. The van der Waals surface area contributed by atoms with Crippen LogP contribution in [-0.2, 0) is 21.4 Å². The summed E-state index contributed by atoms with van der Waals surface area (Å²) in [4.78, 5) is 2.68. The Morgan fingerprint density at radius 2 is 1.70 bits per heavy atom. The molecule has 0 saturated carbocycles. The minimum absolute atomic E-state index is 0.287. The zero-order chi connectivity index (χ0) is 20.7. The number of hydrogen-bond acceptors (Lipinski definition) is 4. The summed E-state index contributed by atoms with van der Waals surface area (Å²) < 4.78 is 33.9. The summed E-state index contributed by atoms with van der Waals surface area (Å²) in [6.45, 7) is 4.35. The number of rotatable bonds is 3. The van der Waals surface area contributed by atoms with Gasteiger partial charge < -0.3 is 9.64 Å². The van der Waals surface area contributed by atoms with Crippen LogP contribution in [0.15, 0.2) is 65.6 Å². The SMILES string of the molecule is Cc1ccc2c(c1)COCN2C1CCN(S(=O)(=O)c2ccc3ccccc3c2)CC1. The van der Waals surface area contributed by atoms with E-state index in [4.69, 9.17) is 4.74 Å². The van der Waals surface area contributed by atoms with Crippen molar-refractivity contribution in [3.05, 3.63) is 71.8 Å². The molecule has 1 saturated heterocycles. The number of hydrogen-bond donors (Lipinski definition) is 0. The Labute approximate surface area is 177 Å². The summed E-state index contributed by atoms with van der Waals surface area (Å²) in [7, 11) is -3.49. The molecule has 5 rings (SSSR count). The first kappa shape index (κ1) is 19.5. The average molecular weight is 423 g/mol. The van der Waals surface area contributed by atoms with Crippen molar-refractivity contribution in [2.75, 3.05) is 24.7 Å². The van der Waals surface area contributed by atoms with Crippen molar-refractivity contribution in [3.63, 3.8) is 0 Å². The van der Waals surface area contributed by atoms with Gasteiger partial charge in [-0.15, -0.1) is 0 Å². The second-order valence-electron chi connectivity index (χ2n) is 8.22. The molecule has 156 valence electrons. The molecule has 0 unspecified atom stereocenters. The van der Waals surface area contributed by atoms with Gasteiger partial charge in [0, 0.05) is 30.4 Å². The number of sulfonamides is 1. The highest BCUT2D eigenvalue weighted by Gasteiger charge is 2.33. The van der Waals surface area contributed by atoms with E-state index in [2.05, 4.69) is 30.0 Å². The Morgan fingerprint density at radius 3 is 2.50 bits per heavy atom. The normalized spacial score (nSPS) is 18.5. The monoisotopic (exact) mass is 422 g/mol. The molecular weight excluding hydrogens is 396 g/mol. The summed E-state index contributed by atoms with van der Waals surface area (Å²) in [6, 6.07) is 20.0. The van der Waals surface area contributed by atoms with Crippen LogP contribution in [0.3, 0.4) is 0 Å². The van der Waals surface area contributed by atoms with E-state index in [9.17, 15) is 8.42 Å². The molecule has 6 heteroatoms. The van der Waals surface area contributed by atoms with Crippen molar-refractivity contribution < 1.29 is 13.2 Å². The van der Waals surface area contributed by atoms with Crippen molar-refractivity contribution >= 4 is 26.5 Å². The Kier molecular flexibility index (Phi) is 5.01. The number of piperidine rings is 1. The molecule has 0 aliphatic carbocycles. The lowest BCUT2D eigenvalue weighted by Crippen LogP contribution is -2.48. The van der Waals surface area contributed by atoms with Gasteiger partial charge in [0.2, 0.25) is 10.0 Å². The van der Waals surface area contributed by atoms with Crippen LogP contribution >= 0.6 is 0 Å². The summed E-state index contributed by atoms with van der Waals surface area (Å²) in [5.74, 6) is 0. The molecule has 0 N–H and O–H groups in total. The van der Waals surface area contributed by atoms with E-state index < -0.39 is 10.0 Å². The highest BCUT2D eigenvalue weighted by molar-refractivity contribution is 7.89. The fraction of sp³-hybridized carbons (Fsp3) is 0.333. The van der Waals surface area contributed by atoms with Gasteiger partial charge in [0.15, 0.2) is 0 Å². The molecule has 0 radical (unpaired) electrons. The molecule has 3 aromatic rings. The van der Waals surface area contributed by atoms with Crippen LogP contribution in [0.4, 0.5) is 5.69 Å². The lowest BCUT2D eigenvalue weighted by Gasteiger charge is -2.41. The van der Waals surface area contributed by atoms with Gasteiger partial charge in [0.05, 0.1) is 11.5 Å². The molecule has 0 bridgehead atoms. The zero-order valence-corrected chi connectivity index (χ0v) is 17.9. The maximum Gasteiger partial charge on any atom is 0.243 e. The molecule has 30 heavy (non-hydrogen) atoms. The van der Waals surface area contributed by atoms with E-state index in [0.29, 0.717) is 31.3 Å². The maximum absolute atomic E-state index is 13.2. The topological polar surface area (TPSA) is 49.9 Å². The van der Waals surface area contributed by atoms with Gasteiger partial charge in [-0.1, -0.05) is 48.0 Å². The van der Waals surface area contributed by atoms with Crippen molar-refractivity contribution in [1.29, 1.82) is 0 Å². The molecule has 1 fully saturated rings. The van der Waals surface area contributed by atoms with Crippen LogP contribution in [0.2, 0.25) is 0 Å². The van der Waals surface area contributed by atoms with Gasteiger partial charge in [0.1, 0.15) is 6.73 Å². The van der Waals surface area contributed by atoms with E-state index >= 15 is 0 Å². The second-order valence-corrected chi connectivity index (χ2v) is 10.2. The number of aryl methyl sites for hydroxylation is 1. The van der Waals surface area contributed by atoms with Crippen molar-refractivity contribution in [1.82, 2.24) is 4.31 Å². The number of nitrogens with zero attached hydrogens (tertiary/aromatic N) is 2. The van der Waals surface area contributed by atoms with E-state index in [1.54, 1.807) is 16.4 Å². The molecule has 2 aliphatic heterocycles. The molecular formula is C24H26N2O3S. The van der Waals surface area contributed by atoms with Crippen molar-refractivity contribution in [2.45, 2.75) is 37.3 Å². The fourth-order valence-corrected chi connectivity index (χ4v) is 6.11. The van der Waals surface area contributed by atoms with Gasteiger partial charge in [-0.2, -0.15) is 4.31 Å². The molecule has 0 atom stereocenters. The predicted molar refractivity (Wildman–Crippen MR) is 119 cm³/mol. The summed E-state index contributed by atoms with van der Waals surface area (Å²) >= 11 is 0. The summed E-state index contributed by atoms with van der Waals surface area (Å²) in [5, 5.41) is 2.00. The van der Waals surface area contributed by atoms with Crippen LogP contribution in [-0.4, -0.2) is 38.6 Å². The van der Waals surface area contributed by atoms with Gasteiger partial charge in [0.25, 0.3) is 0 Å². The van der Waals surface area contributed by atoms with E-state index in [1.165, 1.54) is 16.8 Å². The third-order valence-corrected chi connectivity index (χ3v) is 8.15. The van der Waals surface area contributed by atoms with Gasteiger partial charge in [-0.3, -0.25) is 0 Å². The number of benzene rings is 3. The highest BCUT2D eigenvalue weighted by Crippen LogP contribution is 2.32. The molecule has 0 amide bonds. The summed E-state index contributed by atoms with van der Waals surface area (Å²) in [5.41, 5.74) is 3.67. The Hall–Kier alpha value is -2.41. The van der Waals surface area contributed by atoms with Gasteiger partial charge >= 0.3 is 0 Å². The standard InChI is InChI=1S/C24H26N2O3S/c1-18-6-9-24-21(14-18)16-29-17-26(24)22-10-12-25(13-11-22)30(27,28)23-8-7-19-4-2-3-5-20(19)15-23/h2-9,14-15,22H,10-13,16-17H2,1H3. The third-order valence-electron chi connectivity index (χ3n) is 6.26. The Balaban J connectivity index is 1.33. The predicted octanol–water partition coefficient (Wildman–Crippen LogP) is 4.30. The fourth-order valence-electron chi connectivity index (χ4n) is 4.61. The van der Waals surface area contributed by atoms with Crippen molar-refractivity contribution in [3.8, 4) is 0 Å². The molecule has 0 aromatic heterocycles. The van der Waals surface area contributed by atoms with Crippen LogP contribution in [0.1, 0.15) is 24.0 Å².